The van der Waals surface area contributed by atoms with Gasteiger partial charge in [0.25, 0.3) is 0 Å². The van der Waals surface area contributed by atoms with Crippen LogP contribution in [0.1, 0.15) is 18.1 Å². The largest absolute Gasteiger partial charge is 0.494 e. The number of ether oxygens (including phenoxy) is 1. The van der Waals surface area contributed by atoms with Crippen LogP contribution in [-0.4, -0.2) is 27.5 Å². The Kier molecular flexibility index (Phi) is 6.55. The van der Waals surface area contributed by atoms with Crippen molar-refractivity contribution in [1.82, 2.24) is 4.72 Å². The van der Waals surface area contributed by atoms with Gasteiger partial charge >= 0.3 is 0 Å². The summed E-state index contributed by atoms with van der Waals surface area (Å²) in [6, 6.07) is 14.1. The maximum atomic E-state index is 12.1. The first-order chi connectivity index (χ1) is 11.9. The first kappa shape index (κ1) is 19.0. The van der Waals surface area contributed by atoms with Gasteiger partial charge in [0, 0.05) is 5.69 Å². The van der Waals surface area contributed by atoms with Crippen LogP contribution in [0.3, 0.4) is 0 Å². The number of carbonyl (C=O) groups excluding carboxylic acids is 1. The highest BCUT2D eigenvalue weighted by Crippen LogP contribution is 2.14. The van der Waals surface area contributed by atoms with E-state index in [4.69, 9.17) is 4.74 Å². The Balaban J connectivity index is 1.85. The number of benzene rings is 2. The first-order valence-corrected chi connectivity index (χ1v) is 9.59. The maximum Gasteiger partial charge on any atom is 0.239 e. The van der Waals surface area contributed by atoms with Crippen molar-refractivity contribution in [3.05, 3.63) is 59.7 Å². The third-order valence-electron chi connectivity index (χ3n) is 3.38. The molecule has 0 heterocycles. The standard InChI is InChI=1S/C18H22N2O4S/c1-3-24-17-10-6-15(7-11-17)13-25(22,23)19-12-18(21)20-16-8-4-14(2)5-9-16/h4-11,19H,3,12-13H2,1-2H3,(H,20,21). The van der Waals surface area contributed by atoms with Crippen molar-refractivity contribution in [3.8, 4) is 5.75 Å². The van der Waals surface area contributed by atoms with E-state index in [9.17, 15) is 13.2 Å². The molecule has 0 aliphatic carbocycles. The lowest BCUT2D eigenvalue weighted by Crippen LogP contribution is -2.33. The number of rotatable bonds is 8. The molecule has 2 aromatic carbocycles. The summed E-state index contributed by atoms with van der Waals surface area (Å²) in [6.07, 6.45) is 0. The van der Waals surface area contributed by atoms with Gasteiger partial charge < -0.3 is 10.1 Å². The highest BCUT2D eigenvalue weighted by atomic mass is 32.2. The molecule has 0 bridgehead atoms. The van der Waals surface area contributed by atoms with Crippen LogP contribution >= 0.6 is 0 Å². The molecule has 2 N–H and O–H groups in total. The fourth-order valence-electron chi connectivity index (χ4n) is 2.14. The molecule has 1 amide bonds. The SMILES string of the molecule is CCOc1ccc(CS(=O)(=O)NCC(=O)Nc2ccc(C)cc2)cc1. The summed E-state index contributed by atoms with van der Waals surface area (Å²) >= 11 is 0. The second kappa shape index (κ2) is 8.64. The maximum absolute atomic E-state index is 12.1. The molecule has 0 saturated heterocycles. The van der Waals surface area contributed by atoms with Crippen LogP contribution < -0.4 is 14.8 Å². The monoisotopic (exact) mass is 362 g/mol. The molecular weight excluding hydrogens is 340 g/mol. The van der Waals surface area contributed by atoms with Gasteiger partial charge in [0.15, 0.2) is 0 Å². The van der Waals surface area contributed by atoms with E-state index in [-0.39, 0.29) is 12.3 Å². The number of carbonyl (C=O) groups is 1. The van der Waals surface area contributed by atoms with Gasteiger partial charge in [-0.15, -0.1) is 0 Å². The van der Waals surface area contributed by atoms with E-state index in [0.29, 0.717) is 23.6 Å². The van der Waals surface area contributed by atoms with Crippen molar-refractivity contribution in [2.45, 2.75) is 19.6 Å². The molecule has 0 aliphatic rings. The van der Waals surface area contributed by atoms with Crippen molar-refractivity contribution in [2.24, 2.45) is 0 Å². The zero-order chi connectivity index (χ0) is 18.3. The van der Waals surface area contributed by atoms with E-state index in [1.807, 2.05) is 26.0 Å². The highest BCUT2D eigenvalue weighted by molar-refractivity contribution is 7.88. The van der Waals surface area contributed by atoms with Crippen molar-refractivity contribution in [3.63, 3.8) is 0 Å². The second-order valence-electron chi connectivity index (χ2n) is 5.57. The van der Waals surface area contributed by atoms with E-state index < -0.39 is 15.9 Å². The molecule has 0 saturated carbocycles. The molecule has 0 aromatic heterocycles. The third-order valence-corrected chi connectivity index (χ3v) is 4.68. The molecular formula is C18H22N2O4S. The van der Waals surface area contributed by atoms with Gasteiger partial charge in [-0.3, -0.25) is 4.79 Å². The molecule has 2 aromatic rings. The van der Waals surface area contributed by atoms with Crippen molar-refractivity contribution >= 4 is 21.6 Å². The molecule has 0 spiro atoms. The van der Waals surface area contributed by atoms with Gasteiger partial charge in [0.2, 0.25) is 15.9 Å². The molecule has 0 atom stereocenters. The third kappa shape index (κ3) is 6.56. The summed E-state index contributed by atoms with van der Waals surface area (Å²) in [6.45, 7) is 4.06. The molecule has 6 nitrogen and oxygen atoms in total. The average molecular weight is 362 g/mol. The van der Waals surface area contributed by atoms with Gasteiger partial charge in [-0.05, 0) is 43.7 Å². The predicted octanol–water partition coefficient (Wildman–Crippen LogP) is 2.45. The Bertz CT molecular complexity index is 800. The minimum atomic E-state index is -3.61. The summed E-state index contributed by atoms with van der Waals surface area (Å²) < 4.78 is 31.8. The molecule has 0 unspecified atom stereocenters. The molecule has 25 heavy (non-hydrogen) atoms. The van der Waals surface area contributed by atoms with E-state index in [1.54, 1.807) is 36.4 Å². The smallest absolute Gasteiger partial charge is 0.239 e. The summed E-state index contributed by atoms with van der Waals surface area (Å²) in [7, 11) is -3.61. The second-order valence-corrected chi connectivity index (χ2v) is 7.38. The molecule has 0 aliphatic heterocycles. The summed E-state index contributed by atoms with van der Waals surface area (Å²) in [5, 5.41) is 2.64. The van der Waals surface area contributed by atoms with Gasteiger partial charge in [-0.25, -0.2) is 13.1 Å². The molecule has 0 fully saturated rings. The normalized spacial score (nSPS) is 11.1. The molecule has 134 valence electrons. The lowest BCUT2D eigenvalue weighted by molar-refractivity contribution is -0.115. The number of hydrogen-bond donors (Lipinski definition) is 2. The fraction of sp³-hybridized carbons (Fsp3) is 0.278. The highest BCUT2D eigenvalue weighted by Gasteiger charge is 2.13. The number of anilines is 1. The Labute approximate surface area is 148 Å². The Hall–Kier alpha value is -2.38. The van der Waals surface area contributed by atoms with Crippen molar-refractivity contribution < 1.29 is 17.9 Å². The number of hydrogen-bond acceptors (Lipinski definition) is 4. The molecule has 7 heteroatoms. The molecule has 2 rings (SSSR count). The fourth-order valence-corrected chi connectivity index (χ4v) is 3.22. The number of nitrogens with one attached hydrogen (secondary N) is 2. The lowest BCUT2D eigenvalue weighted by atomic mass is 10.2. The topological polar surface area (TPSA) is 84.5 Å². The van der Waals surface area contributed by atoms with Crippen molar-refractivity contribution in [2.75, 3.05) is 18.5 Å². The quantitative estimate of drug-likeness (QED) is 0.755. The Morgan fingerprint density at radius 3 is 2.28 bits per heavy atom. The summed E-state index contributed by atoms with van der Waals surface area (Å²) in [4.78, 5) is 11.9. The Morgan fingerprint density at radius 1 is 1.04 bits per heavy atom. The van der Waals surface area contributed by atoms with Gasteiger partial charge in [0.05, 0.1) is 18.9 Å². The first-order valence-electron chi connectivity index (χ1n) is 7.93. The van der Waals surface area contributed by atoms with E-state index in [2.05, 4.69) is 10.0 Å². The van der Waals surface area contributed by atoms with Crippen LogP contribution in [-0.2, 0) is 20.6 Å². The van der Waals surface area contributed by atoms with Gasteiger partial charge in [-0.1, -0.05) is 29.8 Å². The Morgan fingerprint density at radius 2 is 1.68 bits per heavy atom. The van der Waals surface area contributed by atoms with E-state index in [1.165, 1.54) is 0 Å². The summed E-state index contributed by atoms with van der Waals surface area (Å²) in [5.41, 5.74) is 2.32. The zero-order valence-electron chi connectivity index (χ0n) is 14.3. The minimum absolute atomic E-state index is 0.197. The molecule has 0 radical (unpaired) electrons. The van der Waals surface area contributed by atoms with Crippen LogP contribution in [0.25, 0.3) is 0 Å². The van der Waals surface area contributed by atoms with Crippen LogP contribution in [0.2, 0.25) is 0 Å². The van der Waals surface area contributed by atoms with Gasteiger partial charge in [0.1, 0.15) is 5.75 Å². The van der Waals surface area contributed by atoms with Crippen LogP contribution in [0.5, 0.6) is 5.75 Å². The lowest BCUT2D eigenvalue weighted by Gasteiger charge is -2.09. The van der Waals surface area contributed by atoms with Crippen molar-refractivity contribution in [1.29, 1.82) is 0 Å². The van der Waals surface area contributed by atoms with Crippen LogP contribution in [0.15, 0.2) is 48.5 Å². The number of amides is 1. The summed E-state index contributed by atoms with van der Waals surface area (Å²) in [5.74, 6) is 0.0743. The number of aryl methyl sites for hydroxylation is 1. The average Bonchev–Trinajstić information content (AvgIpc) is 2.57. The van der Waals surface area contributed by atoms with Gasteiger partial charge in [-0.2, -0.15) is 0 Å². The van der Waals surface area contributed by atoms with E-state index in [0.717, 1.165) is 5.56 Å². The predicted molar refractivity (Wildman–Crippen MR) is 98.0 cm³/mol. The minimum Gasteiger partial charge on any atom is -0.494 e. The zero-order valence-corrected chi connectivity index (χ0v) is 15.1. The van der Waals surface area contributed by atoms with E-state index >= 15 is 0 Å². The van der Waals surface area contributed by atoms with Crippen LogP contribution in [0, 0.1) is 6.92 Å². The van der Waals surface area contributed by atoms with Crippen LogP contribution in [0.4, 0.5) is 5.69 Å². The number of sulfonamides is 1.